The van der Waals surface area contributed by atoms with E-state index in [0.717, 1.165) is 0 Å². The molecular weight excluding hydrogens is 340 g/mol. The van der Waals surface area contributed by atoms with Crippen LogP contribution < -0.4 is 18.9 Å². The maximum atomic E-state index is 12.3. The summed E-state index contributed by atoms with van der Waals surface area (Å²) in [6.45, 7) is -0.278. The first-order chi connectivity index (χ1) is 12.6. The highest BCUT2D eigenvalue weighted by Crippen LogP contribution is 2.47. The van der Waals surface area contributed by atoms with Crippen LogP contribution in [0.15, 0.2) is 24.3 Å². The third-order valence-corrected chi connectivity index (χ3v) is 3.97. The Morgan fingerprint density at radius 3 is 2.00 bits per heavy atom. The lowest BCUT2D eigenvalue weighted by Crippen LogP contribution is -2.06. The highest BCUT2D eigenvalue weighted by atomic mass is 16.5. The number of carbonyl (C=O) groups excluding carboxylic acids is 1. The zero-order valence-corrected chi connectivity index (χ0v) is 15.4. The number of ether oxygens (including phenoxy) is 5. The van der Waals surface area contributed by atoms with Crippen molar-refractivity contribution >= 4 is 5.97 Å². The van der Waals surface area contributed by atoms with Crippen LogP contribution in [-0.2, 0) is 11.3 Å². The summed E-state index contributed by atoms with van der Waals surface area (Å²) in [5, 5.41) is 9.72. The van der Waals surface area contributed by atoms with Gasteiger partial charge >= 0.3 is 5.97 Å². The van der Waals surface area contributed by atoms with Gasteiger partial charge in [0.15, 0.2) is 11.5 Å². The minimum absolute atomic E-state index is 0.278. The van der Waals surface area contributed by atoms with E-state index in [1.807, 2.05) is 0 Å². The van der Waals surface area contributed by atoms with Gasteiger partial charge in [-0.2, -0.15) is 0 Å². The number of methoxy groups -OCH3 is 5. The van der Waals surface area contributed by atoms with Crippen LogP contribution in [0.3, 0.4) is 0 Å². The van der Waals surface area contributed by atoms with E-state index in [4.69, 9.17) is 23.7 Å². The summed E-state index contributed by atoms with van der Waals surface area (Å²) in [6, 6.07) is 6.71. The summed E-state index contributed by atoms with van der Waals surface area (Å²) in [7, 11) is 7.25. The number of esters is 1. The summed E-state index contributed by atoms with van der Waals surface area (Å²) in [5.41, 5.74) is 1.88. The van der Waals surface area contributed by atoms with Gasteiger partial charge in [0, 0.05) is 16.7 Å². The van der Waals surface area contributed by atoms with Crippen molar-refractivity contribution in [3.8, 4) is 34.1 Å². The van der Waals surface area contributed by atoms with Crippen LogP contribution in [0.25, 0.3) is 11.1 Å². The SMILES string of the molecule is COC(=O)c1cc(OC)ccc1-c1cc(CO)c(OC)c(OC)c1OC. The standard InChI is InChI=1S/C19H22O7/c1-22-12-6-7-13(15(9-12)19(21)26-5)14-8-11(10-20)16(23-2)18(25-4)17(14)24-3/h6-9,20H,10H2,1-5H3. The summed E-state index contributed by atoms with van der Waals surface area (Å²) >= 11 is 0. The Balaban J connectivity index is 2.85. The Hall–Kier alpha value is -2.93. The predicted octanol–water partition coefficient (Wildman–Crippen LogP) is 2.67. The van der Waals surface area contributed by atoms with E-state index in [9.17, 15) is 9.90 Å². The normalized spacial score (nSPS) is 10.2. The van der Waals surface area contributed by atoms with Gasteiger partial charge in [-0.15, -0.1) is 0 Å². The molecule has 140 valence electrons. The van der Waals surface area contributed by atoms with Gasteiger partial charge in [0.2, 0.25) is 5.75 Å². The molecule has 0 saturated heterocycles. The van der Waals surface area contributed by atoms with Gasteiger partial charge < -0.3 is 28.8 Å². The Morgan fingerprint density at radius 1 is 0.846 bits per heavy atom. The van der Waals surface area contributed by atoms with Crippen molar-refractivity contribution < 1.29 is 33.6 Å². The molecule has 2 aromatic rings. The zero-order valence-electron chi connectivity index (χ0n) is 15.4. The van der Waals surface area contributed by atoms with Gasteiger partial charge in [-0.3, -0.25) is 0 Å². The first-order valence-corrected chi connectivity index (χ1v) is 7.75. The molecule has 7 nitrogen and oxygen atoms in total. The minimum Gasteiger partial charge on any atom is -0.497 e. The molecule has 26 heavy (non-hydrogen) atoms. The van der Waals surface area contributed by atoms with Crippen molar-refractivity contribution in [2.45, 2.75) is 6.61 Å². The molecule has 0 fully saturated rings. The first kappa shape index (κ1) is 19.4. The second-order valence-corrected chi connectivity index (χ2v) is 5.24. The van der Waals surface area contributed by atoms with Gasteiger partial charge in [-0.05, 0) is 24.3 Å². The van der Waals surface area contributed by atoms with Crippen molar-refractivity contribution in [1.29, 1.82) is 0 Å². The van der Waals surface area contributed by atoms with E-state index in [1.165, 1.54) is 35.5 Å². The first-order valence-electron chi connectivity index (χ1n) is 7.75. The minimum atomic E-state index is -0.527. The zero-order chi connectivity index (χ0) is 19.3. The number of hydrogen-bond donors (Lipinski definition) is 1. The fraction of sp³-hybridized carbons (Fsp3) is 0.316. The average molecular weight is 362 g/mol. The molecule has 0 aliphatic carbocycles. The lowest BCUT2D eigenvalue weighted by molar-refractivity contribution is 0.0601. The largest absolute Gasteiger partial charge is 0.497 e. The van der Waals surface area contributed by atoms with E-state index in [2.05, 4.69) is 0 Å². The van der Waals surface area contributed by atoms with Gasteiger partial charge in [0.1, 0.15) is 5.75 Å². The van der Waals surface area contributed by atoms with Crippen LogP contribution in [0.4, 0.5) is 0 Å². The summed E-state index contributed by atoms with van der Waals surface area (Å²) in [6.07, 6.45) is 0. The fourth-order valence-electron chi connectivity index (χ4n) is 2.77. The van der Waals surface area contributed by atoms with E-state index in [-0.39, 0.29) is 6.61 Å². The summed E-state index contributed by atoms with van der Waals surface area (Å²) in [4.78, 5) is 12.3. The molecule has 0 spiro atoms. The molecule has 0 amide bonds. The number of rotatable bonds is 7. The predicted molar refractivity (Wildman–Crippen MR) is 95.3 cm³/mol. The number of aliphatic hydroxyl groups excluding tert-OH is 1. The fourth-order valence-corrected chi connectivity index (χ4v) is 2.77. The van der Waals surface area contributed by atoms with Gasteiger partial charge in [-0.25, -0.2) is 4.79 Å². The van der Waals surface area contributed by atoms with Crippen LogP contribution in [0, 0.1) is 0 Å². The molecule has 0 saturated carbocycles. The number of benzene rings is 2. The molecule has 0 heterocycles. The molecule has 0 aliphatic heterocycles. The lowest BCUT2D eigenvalue weighted by Gasteiger charge is -2.20. The number of aliphatic hydroxyl groups is 1. The molecule has 0 aromatic heterocycles. The third-order valence-electron chi connectivity index (χ3n) is 3.97. The Kier molecular flexibility index (Phi) is 6.30. The number of hydrogen-bond acceptors (Lipinski definition) is 7. The van der Waals surface area contributed by atoms with Crippen molar-refractivity contribution in [3.63, 3.8) is 0 Å². The van der Waals surface area contributed by atoms with Gasteiger partial charge in [0.05, 0.1) is 47.7 Å². The van der Waals surface area contributed by atoms with E-state index >= 15 is 0 Å². The van der Waals surface area contributed by atoms with Crippen LogP contribution in [0.2, 0.25) is 0 Å². The lowest BCUT2D eigenvalue weighted by atomic mass is 9.95. The molecule has 0 bridgehead atoms. The Bertz CT molecular complexity index is 799. The molecule has 0 aliphatic rings. The molecular formula is C19H22O7. The van der Waals surface area contributed by atoms with E-state index in [1.54, 1.807) is 24.3 Å². The van der Waals surface area contributed by atoms with E-state index < -0.39 is 5.97 Å². The van der Waals surface area contributed by atoms with E-state index in [0.29, 0.717) is 45.3 Å². The van der Waals surface area contributed by atoms with Gasteiger partial charge in [0.25, 0.3) is 0 Å². The summed E-state index contributed by atoms with van der Waals surface area (Å²) in [5.74, 6) is 1.04. The molecule has 0 unspecified atom stereocenters. The molecule has 7 heteroatoms. The maximum Gasteiger partial charge on any atom is 0.338 e. The highest BCUT2D eigenvalue weighted by molar-refractivity contribution is 5.99. The molecule has 0 atom stereocenters. The quantitative estimate of drug-likeness (QED) is 0.758. The highest BCUT2D eigenvalue weighted by Gasteiger charge is 2.24. The van der Waals surface area contributed by atoms with Crippen LogP contribution in [0.5, 0.6) is 23.0 Å². The topological polar surface area (TPSA) is 83.5 Å². The average Bonchev–Trinajstić information content (AvgIpc) is 2.70. The monoisotopic (exact) mass is 362 g/mol. The molecule has 2 rings (SSSR count). The van der Waals surface area contributed by atoms with Crippen LogP contribution >= 0.6 is 0 Å². The Morgan fingerprint density at radius 2 is 1.50 bits per heavy atom. The van der Waals surface area contributed by atoms with Crippen molar-refractivity contribution in [2.75, 3.05) is 35.5 Å². The molecule has 1 N–H and O–H groups in total. The molecule has 0 radical (unpaired) electrons. The molecule has 2 aromatic carbocycles. The Labute approximate surface area is 152 Å². The second-order valence-electron chi connectivity index (χ2n) is 5.24. The van der Waals surface area contributed by atoms with Gasteiger partial charge in [-0.1, -0.05) is 0 Å². The van der Waals surface area contributed by atoms with Crippen LogP contribution in [0.1, 0.15) is 15.9 Å². The van der Waals surface area contributed by atoms with Crippen molar-refractivity contribution in [3.05, 3.63) is 35.4 Å². The second kappa shape index (κ2) is 8.44. The van der Waals surface area contributed by atoms with Crippen molar-refractivity contribution in [2.24, 2.45) is 0 Å². The van der Waals surface area contributed by atoms with Crippen LogP contribution in [-0.4, -0.2) is 46.6 Å². The maximum absolute atomic E-state index is 12.3. The third kappa shape index (κ3) is 3.39. The number of carbonyl (C=O) groups is 1. The smallest absolute Gasteiger partial charge is 0.338 e. The van der Waals surface area contributed by atoms with Crippen molar-refractivity contribution in [1.82, 2.24) is 0 Å². The summed E-state index contributed by atoms with van der Waals surface area (Å²) < 4.78 is 26.4.